The summed E-state index contributed by atoms with van der Waals surface area (Å²) in [6.45, 7) is 0.985. The fraction of sp³-hybridized carbons (Fsp3) is 0.400. The van der Waals surface area contributed by atoms with E-state index in [1.54, 1.807) is 5.32 Å². The Balaban J connectivity index is -0.000000500. The minimum atomic E-state index is -2.08. The summed E-state index contributed by atoms with van der Waals surface area (Å²) in [7, 11) is 0. The number of carbonyl (C=O) groups is 3. The molecule has 1 N–H and O–H groups in total. The normalized spacial score (nSPS) is 7.85. The Morgan fingerprint density at radius 2 is 1.38 bits per heavy atom. The van der Waals surface area contributed by atoms with Gasteiger partial charge in [-0.05, 0) is 0 Å². The van der Waals surface area contributed by atoms with E-state index in [0.29, 0.717) is 0 Å². The maximum absolute atomic E-state index is 10.2. The molecule has 0 aliphatic rings. The molecule has 6 nitrogen and oxygen atoms in total. The molecule has 0 saturated heterocycles. The van der Waals surface area contributed by atoms with Gasteiger partial charge in [0, 0.05) is 6.92 Å². The minimum absolute atomic E-state index is 0. The van der Waals surface area contributed by atoms with E-state index in [-0.39, 0.29) is 59.1 Å². The number of hydrogen-bond donors (Lipinski definition) is 1. The van der Waals surface area contributed by atoms with Crippen LogP contribution in [0, 0.1) is 0 Å². The quantitative estimate of drug-likeness (QED) is 0.363. The van der Waals surface area contributed by atoms with E-state index in [1.165, 1.54) is 0 Å². The summed E-state index contributed by atoms with van der Waals surface area (Å²) in [5, 5.41) is 21.5. The van der Waals surface area contributed by atoms with Crippen molar-refractivity contribution in [3.05, 3.63) is 0 Å². The molecule has 0 aromatic carbocycles. The van der Waals surface area contributed by atoms with Crippen molar-refractivity contribution < 1.29 is 83.7 Å². The largest absolute Gasteiger partial charge is 1.00 e. The van der Waals surface area contributed by atoms with Gasteiger partial charge in [-0.25, -0.2) is 0 Å². The van der Waals surface area contributed by atoms with Gasteiger partial charge in [-0.15, -0.1) is 0 Å². The molecule has 0 aromatic heterocycles. The Kier molecular flexibility index (Phi) is 13.2. The van der Waals surface area contributed by atoms with Gasteiger partial charge >= 0.3 is 59.1 Å². The van der Waals surface area contributed by atoms with Gasteiger partial charge in [0.2, 0.25) is 5.91 Å². The number of nitrogens with one attached hydrogen (secondary N) is 1. The molecule has 0 aliphatic heterocycles. The van der Waals surface area contributed by atoms with Gasteiger partial charge in [-0.3, -0.25) is 4.79 Å². The van der Waals surface area contributed by atoms with Crippen molar-refractivity contribution >= 4 is 17.8 Å². The van der Waals surface area contributed by atoms with Gasteiger partial charge in [0.1, 0.15) is 6.04 Å². The Morgan fingerprint density at radius 1 is 1.08 bits per heavy atom. The van der Waals surface area contributed by atoms with Gasteiger partial charge in [-0.2, -0.15) is 0 Å². The second kappa shape index (κ2) is 8.98. The molecule has 0 radical (unpaired) electrons. The third kappa shape index (κ3) is 8.73. The Bertz CT molecular complexity index is 193. The molecule has 0 saturated carbocycles. The van der Waals surface area contributed by atoms with Gasteiger partial charge < -0.3 is 25.1 Å². The van der Waals surface area contributed by atoms with Crippen LogP contribution in [0.2, 0.25) is 0 Å². The number of carboxylic acid groups (broad SMARTS) is 2. The first-order chi connectivity index (χ1) is 4.95. The van der Waals surface area contributed by atoms with E-state index in [0.717, 1.165) is 6.92 Å². The average Bonchev–Trinajstić information content (AvgIpc) is 1.81. The van der Waals surface area contributed by atoms with Gasteiger partial charge in [0.05, 0.1) is 11.9 Å². The molecular formula is C5H5NNa2O5. The Hall–Kier alpha value is 0.410. The van der Waals surface area contributed by atoms with Crippen molar-refractivity contribution in [1.82, 2.24) is 5.32 Å². The van der Waals surface area contributed by atoms with Gasteiger partial charge in [-0.1, -0.05) is 0 Å². The summed E-state index contributed by atoms with van der Waals surface area (Å²) in [5.41, 5.74) is 0. The predicted molar refractivity (Wildman–Crippen MR) is 27.6 cm³/mol. The van der Waals surface area contributed by atoms with E-state index in [2.05, 4.69) is 0 Å². The number of carbonyl (C=O) groups excluding carboxylic acids is 3. The van der Waals surface area contributed by atoms with Crippen molar-refractivity contribution in [2.24, 2.45) is 0 Å². The predicted octanol–water partition coefficient (Wildman–Crippen LogP) is -10.0. The number of carboxylic acids is 2. The number of amides is 1. The molecule has 0 aromatic rings. The van der Waals surface area contributed by atoms with Crippen LogP contribution in [-0.2, 0) is 14.4 Å². The first-order valence-electron chi connectivity index (χ1n) is 2.64. The SMILES string of the molecule is CC(=O)NC(C(=O)[O-])C(=O)[O-].[Na+].[Na+]. The number of hydrogen-bond acceptors (Lipinski definition) is 5. The average molecular weight is 205 g/mol. The van der Waals surface area contributed by atoms with Crippen molar-refractivity contribution in [3.63, 3.8) is 0 Å². The molecule has 0 rings (SSSR count). The molecule has 62 valence electrons. The van der Waals surface area contributed by atoms with E-state index in [9.17, 15) is 24.6 Å². The van der Waals surface area contributed by atoms with Crippen LogP contribution in [0.5, 0.6) is 0 Å². The van der Waals surface area contributed by atoms with Crippen molar-refractivity contribution in [2.75, 3.05) is 0 Å². The fourth-order valence-corrected chi connectivity index (χ4v) is 0.417. The van der Waals surface area contributed by atoms with Crippen LogP contribution >= 0.6 is 0 Å². The summed E-state index contributed by atoms with van der Waals surface area (Å²) >= 11 is 0. The van der Waals surface area contributed by atoms with Crippen LogP contribution in [0.4, 0.5) is 0 Å². The Morgan fingerprint density at radius 3 is 1.46 bits per heavy atom. The van der Waals surface area contributed by atoms with E-state index in [4.69, 9.17) is 0 Å². The monoisotopic (exact) mass is 205 g/mol. The molecule has 0 heterocycles. The first-order valence-corrected chi connectivity index (χ1v) is 2.64. The second-order valence-electron chi connectivity index (χ2n) is 1.77. The maximum Gasteiger partial charge on any atom is 1.00 e. The standard InChI is InChI=1S/C5H7NO5.2Na/c1-2(7)6-3(4(8)9)5(10)11;;/h3H,1H3,(H,6,7)(H,8,9)(H,10,11);;/q;2*+1/p-2. The first kappa shape index (κ1) is 19.1. The van der Waals surface area contributed by atoms with Crippen molar-refractivity contribution in [2.45, 2.75) is 13.0 Å². The van der Waals surface area contributed by atoms with Crippen molar-refractivity contribution in [3.8, 4) is 0 Å². The van der Waals surface area contributed by atoms with Crippen LogP contribution in [0.1, 0.15) is 6.92 Å². The zero-order valence-electron chi connectivity index (χ0n) is 7.62. The number of aliphatic carboxylic acids is 2. The van der Waals surface area contributed by atoms with Crippen LogP contribution in [-0.4, -0.2) is 23.9 Å². The summed E-state index contributed by atoms with van der Waals surface area (Å²) in [4.78, 5) is 30.0. The van der Waals surface area contributed by atoms with Gasteiger partial charge in [0.25, 0.3) is 0 Å². The molecule has 0 spiro atoms. The minimum Gasteiger partial charge on any atom is -0.547 e. The summed E-state index contributed by atoms with van der Waals surface area (Å²) in [6, 6.07) is -2.08. The second-order valence-corrected chi connectivity index (χ2v) is 1.77. The summed E-state index contributed by atoms with van der Waals surface area (Å²) < 4.78 is 0. The zero-order valence-corrected chi connectivity index (χ0v) is 11.6. The van der Waals surface area contributed by atoms with Crippen LogP contribution < -0.4 is 74.6 Å². The Labute approximate surface area is 119 Å². The van der Waals surface area contributed by atoms with E-state index >= 15 is 0 Å². The molecule has 0 bridgehead atoms. The summed E-state index contributed by atoms with van der Waals surface area (Å²) in [6.07, 6.45) is 0. The third-order valence-corrected chi connectivity index (χ3v) is 0.819. The summed E-state index contributed by atoms with van der Waals surface area (Å²) in [5.74, 6) is -4.58. The third-order valence-electron chi connectivity index (χ3n) is 0.819. The molecular weight excluding hydrogens is 200 g/mol. The fourth-order valence-electron chi connectivity index (χ4n) is 0.417. The maximum atomic E-state index is 10.2. The molecule has 0 atom stereocenters. The topological polar surface area (TPSA) is 109 Å². The van der Waals surface area contributed by atoms with Crippen LogP contribution in [0.25, 0.3) is 0 Å². The number of rotatable bonds is 3. The smallest absolute Gasteiger partial charge is 0.547 e. The van der Waals surface area contributed by atoms with Gasteiger partial charge in [0.15, 0.2) is 0 Å². The molecule has 1 amide bonds. The molecule has 0 unspecified atom stereocenters. The van der Waals surface area contributed by atoms with Crippen LogP contribution in [0.15, 0.2) is 0 Å². The van der Waals surface area contributed by atoms with Crippen LogP contribution in [0.3, 0.4) is 0 Å². The molecule has 8 heteroatoms. The zero-order chi connectivity index (χ0) is 9.02. The van der Waals surface area contributed by atoms with Crippen molar-refractivity contribution in [1.29, 1.82) is 0 Å². The van der Waals surface area contributed by atoms with E-state index in [1.807, 2.05) is 0 Å². The molecule has 0 aliphatic carbocycles. The molecule has 0 fully saturated rings. The van der Waals surface area contributed by atoms with E-state index < -0.39 is 23.9 Å². The molecule has 13 heavy (non-hydrogen) atoms.